The number of carboxylic acids is 1. The van der Waals surface area contributed by atoms with Crippen LogP contribution in [-0.4, -0.2) is 52.1 Å². The van der Waals surface area contributed by atoms with Crippen molar-refractivity contribution < 1.29 is 14.7 Å². The minimum absolute atomic E-state index is 0.0987. The Bertz CT molecular complexity index is 360. The number of nitrogens with zero attached hydrogens (tertiary/aromatic N) is 2. The van der Waals surface area contributed by atoms with E-state index in [4.69, 9.17) is 5.11 Å². The Kier molecular flexibility index (Phi) is 4.97. The maximum Gasteiger partial charge on any atom is 0.320 e. The summed E-state index contributed by atoms with van der Waals surface area (Å²) >= 11 is 0. The van der Waals surface area contributed by atoms with Gasteiger partial charge in [0.25, 0.3) is 0 Å². The van der Waals surface area contributed by atoms with Crippen molar-refractivity contribution in [2.75, 3.05) is 19.6 Å². The van der Waals surface area contributed by atoms with Crippen LogP contribution in [0, 0.1) is 5.92 Å². The SMILES string of the molecule is C=CCN(C(=O)N1CCC[C@@H](C(=O)O)C1)C(C)(C)C. The summed E-state index contributed by atoms with van der Waals surface area (Å²) in [4.78, 5) is 26.9. The Balaban J connectivity index is 2.79. The molecule has 0 unspecified atom stereocenters. The van der Waals surface area contributed by atoms with E-state index < -0.39 is 11.9 Å². The van der Waals surface area contributed by atoms with Crippen molar-refractivity contribution >= 4 is 12.0 Å². The number of amides is 2. The smallest absolute Gasteiger partial charge is 0.320 e. The van der Waals surface area contributed by atoms with Crippen molar-refractivity contribution in [3.63, 3.8) is 0 Å². The molecule has 1 heterocycles. The van der Waals surface area contributed by atoms with Gasteiger partial charge in [-0.25, -0.2) is 4.79 Å². The highest BCUT2D eigenvalue weighted by Gasteiger charge is 2.33. The molecule has 0 aliphatic carbocycles. The van der Waals surface area contributed by atoms with Gasteiger partial charge in [0.15, 0.2) is 0 Å². The van der Waals surface area contributed by atoms with E-state index in [0.717, 1.165) is 6.42 Å². The standard InChI is InChI=1S/C14H24N2O3/c1-5-8-16(14(2,3)4)13(19)15-9-6-7-11(10-15)12(17)18/h5,11H,1,6-10H2,2-4H3,(H,17,18)/t11-/m1/s1. The first-order valence-corrected chi connectivity index (χ1v) is 6.67. The molecule has 1 atom stereocenters. The lowest BCUT2D eigenvalue weighted by atomic mass is 9.98. The molecule has 1 rings (SSSR count). The van der Waals surface area contributed by atoms with Gasteiger partial charge in [-0.3, -0.25) is 4.79 Å². The largest absolute Gasteiger partial charge is 0.481 e. The molecule has 108 valence electrons. The normalized spacial score (nSPS) is 19.9. The number of urea groups is 1. The zero-order valence-electron chi connectivity index (χ0n) is 12.1. The van der Waals surface area contributed by atoms with Gasteiger partial charge < -0.3 is 14.9 Å². The van der Waals surface area contributed by atoms with Gasteiger partial charge in [0, 0.05) is 25.2 Å². The topological polar surface area (TPSA) is 60.9 Å². The van der Waals surface area contributed by atoms with E-state index in [2.05, 4.69) is 6.58 Å². The summed E-state index contributed by atoms with van der Waals surface area (Å²) in [6, 6.07) is -0.0987. The van der Waals surface area contributed by atoms with Crippen LogP contribution < -0.4 is 0 Å². The zero-order chi connectivity index (χ0) is 14.6. The third-order valence-corrected chi connectivity index (χ3v) is 3.39. The highest BCUT2D eigenvalue weighted by atomic mass is 16.4. The third-order valence-electron chi connectivity index (χ3n) is 3.39. The van der Waals surface area contributed by atoms with Crippen LogP contribution in [0.1, 0.15) is 33.6 Å². The van der Waals surface area contributed by atoms with E-state index in [0.29, 0.717) is 26.1 Å². The van der Waals surface area contributed by atoms with Gasteiger partial charge in [-0.05, 0) is 33.6 Å². The fourth-order valence-corrected chi connectivity index (χ4v) is 2.29. The minimum atomic E-state index is -0.816. The first-order chi connectivity index (χ1) is 8.77. The van der Waals surface area contributed by atoms with Crippen molar-refractivity contribution in [1.29, 1.82) is 0 Å². The molecule has 1 aliphatic rings. The fourth-order valence-electron chi connectivity index (χ4n) is 2.29. The summed E-state index contributed by atoms with van der Waals surface area (Å²) < 4.78 is 0. The van der Waals surface area contributed by atoms with E-state index in [1.165, 1.54) is 0 Å². The van der Waals surface area contributed by atoms with E-state index in [1.54, 1.807) is 15.9 Å². The Morgan fingerprint density at radius 1 is 1.47 bits per heavy atom. The molecule has 0 radical (unpaired) electrons. The summed E-state index contributed by atoms with van der Waals surface area (Å²) in [6.45, 7) is 11.0. The van der Waals surface area contributed by atoms with E-state index in [-0.39, 0.29) is 11.6 Å². The summed E-state index contributed by atoms with van der Waals surface area (Å²) in [5.74, 6) is -1.26. The van der Waals surface area contributed by atoms with Crippen molar-refractivity contribution in [3.05, 3.63) is 12.7 Å². The molecule has 1 fully saturated rings. The van der Waals surface area contributed by atoms with E-state index in [9.17, 15) is 9.59 Å². The van der Waals surface area contributed by atoms with Crippen molar-refractivity contribution in [1.82, 2.24) is 9.80 Å². The Morgan fingerprint density at radius 3 is 2.58 bits per heavy atom. The molecule has 0 bridgehead atoms. The molecule has 0 spiro atoms. The molecular formula is C14H24N2O3. The summed E-state index contributed by atoms with van der Waals surface area (Å²) in [7, 11) is 0. The zero-order valence-corrected chi connectivity index (χ0v) is 12.1. The summed E-state index contributed by atoms with van der Waals surface area (Å²) in [6.07, 6.45) is 3.09. The molecule has 0 saturated carbocycles. The summed E-state index contributed by atoms with van der Waals surface area (Å²) in [5.41, 5.74) is -0.304. The van der Waals surface area contributed by atoms with E-state index >= 15 is 0 Å². The lowest BCUT2D eigenvalue weighted by Gasteiger charge is -2.41. The highest BCUT2D eigenvalue weighted by molar-refractivity contribution is 5.77. The Hall–Kier alpha value is -1.52. The monoisotopic (exact) mass is 268 g/mol. The number of likely N-dealkylation sites (tertiary alicyclic amines) is 1. The molecule has 0 aromatic carbocycles. The number of carboxylic acid groups (broad SMARTS) is 1. The number of hydrogen-bond acceptors (Lipinski definition) is 2. The number of aliphatic carboxylic acids is 1. The van der Waals surface area contributed by atoms with Gasteiger partial charge >= 0.3 is 12.0 Å². The lowest BCUT2D eigenvalue weighted by molar-refractivity contribution is -0.143. The number of piperidine rings is 1. The Morgan fingerprint density at radius 2 is 2.11 bits per heavy atom. The maximum absolute atomic E-state index is 12.5. The van der Waals surface area contributed by atoms with Gasteiger partial charge in [-0.15, -0.1) is 6.58 Å². The van der Waals surface area contributed by atoms with Gasteiger partial charge in [-0.2, -0.15) is 0 Å². The maximum atomic E-state index is 12.5. The average molecular weight is 268 g/mol. The first-order valence-electron chi connectivity index (χ1n) is 6.67. The van der Waals surface area contributed by atoms with Crippen LogP contribution in [0.4, 0.5) is 4.79 Å². The van der Waals surface area contributed by atoms with Crippen LogP contribution in [0.3, 0.4) is 0 Å². The molecule has 1 saturated heterocycles. The van der Waals surface area contributed by atoms with Crippen LogP contribution in [0.15, 0.2) is 12.7 Å². The molecule has 0 aromatic heterocycles. The second kappa shape index (κ2) is 6.08. The number of carbonyl (C=O) groups is 2. The van der Waals surface area contributed by atoms with Crippen molar-refractivity contribution in [2.24, 2.45) is 5.92 Å². The van der Waals surface area contributed by atoms with Crippen molar-refractivity contribution in [2.45, 2.75) is 39.2 Å². The minimum Gasteiger partial charge on any atom is -0.481 e. The average Bonchev–Trinajstić information content (AvgIpc) is 2.34. The van der Waals surface area contributed by atoms with Crippen LogP contribution >= 0.6 is 0 Å². The Labute approximate surface area is 114 Å². The number of hydrogen-bond donors (Lipinski definition) is 1. The quantitative estimate of drug-likeness (QED) is 0.798. The second-order valence-electron chi connectivity index (χ2n) is 5.98. The van der Waals surface area contributed by atoms with Gasteiger partial charge in [0.2, 0.25) is 0 Å². The molecule has 5 heteroatoms. The second-order valence-corrected chi connectivity index (χ2v) is 5.98. The van der Waals surface area contributed by atoms with Crippen molar-refractivity contribution in [3.8, 4) is 0 Å². The fraction of sp³-hybridized carbons (Fsp3) is 0.714. The van der Waals surface area contributed by atoms with Crippen LogP contribution in [-0.2, 0) is 4.79 Å². The first kappa shape index (κ1) is 15.5. The molecule has 1 N–H and O–H groups in total. The van der Waals surface area contributed by atoms with Gasteiger partial charge in [-0.1, -0.05) is 6.08 Å². The summed E-state index contributed by atoms with van der Waals surface area (Å²) in [5, 5.41) is 9.07. The number of rotatable bonds is 3. The predicted molar refractivity (Wildman–Crippen MR) is 74.0 cm³/mol. The highest BCUT2D eigenvalue weighted by Crippen LogP contribution is 2.21. The predicted octanol–water partition coefficient (Wildman–Crippen LogP) is 2.19. The van der Waals surface area contributed by atoms with Crippen LogP contribution in [0.25, 0.3) is 0 Å². The molecule has 1 aliphatic heterocycles. The molecule has 2 amide bonds. The van der Waals surface area contributed by atoms with E-state index in [1.807, 2.05) is 20.8 Å². The third kappa shape index (κ3) is 3.98. The molecule has 5 nitrogen and oxygen atoms in total. The van der Waals surface area contributed by atoms with Gasteiger partial charge in [0.05, 0.1) is 5.92 Å². The molecule has 0 aromatic rings. The molecule has 19 heavy (non-hydrogen) atoms. The van der Waals surface area contributed by atoms with Crippen LogP contribution in [0.5, 0.6) is 0 Å². The van der Waals surface area contributed by atoms with Gasteiger partial charge in [0.1, 0.15) is 0 Å². The number of carbonyl (C=O) groups excluding carboxylic acids is 1. The molecular weight excluding hydrogens is 244 g/mol. The van der Waals surface area contributed by atoms with Crippen LogP contribution in [0.2, 0.25) is 0 Å². The lowest BCUT2D eigenvalue weighted by Crippen LogP contribution is -2.54.